The van der Waals surface area contributed by atoms with Crippen molar-refractivity contribution in [3.63, 3.8) is 0 Å². The molecule has 0 spiro atoms. The molecular formula is C16H24. The SMILES string of the molecule is CC1CC(CC2CC3C2C2C4CCC4C32)C1. The van der Waals surface area contributed by atoms with Crippen LogP contribution >= 0.6 is 0 Å². The van der Waals surface area contributed by atoms with Crippen LogP contribution in [0.1, 0.15) is 45.4 Å². The second-order valence-electron chi connectivity index (χ2n) is 7.98. The summed E-state index contributed by atoms with van der Waals surface area (Å²) in [5.41, 5.74) is 0. The van der Waals surface area contributed by atoms with E-state index in [9.17, 15) is 0 Å². The Hall–Kier alpha value is 0. The largest absolute Gasteiger partial charge is 0.0625 e. The van der Waals surface area contributed by atoms with Gasteiger partial charge in [-0.15, -0.1) is 0 Å². The Balaban J connectivity index is 1.23. The molecule has 88 valence electrons. The molecule has 5 rings (SSSR count). The van der Waals surface area contributed by atoms with Crippen molar-refractivity contribution >= 4 is 0 Å². The average molecular weight is 216 g/mol. The van der Waals surface area contributed by atoms with Gasteiger partial charge in [-0.3, -0.25) is 0 Å². The molecule has 7 unspecified atom stereocenters. The van der Waals surface area contributed by atoms with E-state index in [2.05, 4.69) is 6.92 Å². The van der Waals surface area contributed by atoms with Crippen LogP contribution in [-0.2, 0) is 0 Å². The Kier molecular flexibility index (Phi) is 1.52. The maximum atomic E-state index is 2.43. The summed E-state index contributed by atoms with van der Waals surface area (Å²) in [5.74, 6) is 10.9. The van der Waals surface area contributed by atoms with Gasteiger partial charge in [-0.25, -0.2) is 0 Å². The van der Waals surface area contributed by atoms with Gasteiger partial charge in [0.05, 0.1) is 0 Å². The summed E-state index contributed by atoms with van der Waals surface area (Å²) < 4.78 is 0. The minimum absolute atomic E-state index is 1.06. The van der Waals surface area contributed by atoms with Crippen molar-refractivity contribution in [3.05, 3.63) is 0 Å². The van der Waals surface area contributed by atoms with Gasteiger partial charge in [0.1, 0.15) is 0 Å². The molecule has 0 saturated heterocycles. The smallest absolute Gasteiger partial charge is 0.0315 e. The maximum Gasteiger partial charge on any atom is -0.0315 e. The quantitative estimate of drug-likeness (QED) is 0.655. The van der Waals surface area contributed by atoms with Crippen LogP contribution in [0, 0.1) is 53.3 Å². The Morgan fingerprint density at radius 3 is 2.25 bits per heavy atom. The van der Waals surface area contributed by atoms with Crippen LogP contribution in [0.2, 0.25) is 0 Å². The molecule has 0 heterocycles. The molecule has 0 aromatic rings. The topological polar surface area (TPSA) is 0 Å². The van der Waals surface area contributed by atoms with Gasteiger partial charge in [-0.1, -0.05) is 6.92 Å². The lowest BCUT2D eigenvalue weighted by Crippen LogP contribution is -2.74. The summed E-state index contributed by atoms with van der Waals surface area (Å²) in [7, 11) is 0. The fourth-order valence-corrected chi connectivity index (χ4v) is 6.71. The fraction of sp³-hybridized carbons (Fsp3) is 1.00. The average Bonchev–Trinajstić information content (AvgIpc) is 2.15. The fourth-order valence-electron chi connectivity index (χ4n) is 6.71. The molecule has 0 aliphatic heterocycles. The molecule has 5 aliphatic carbocycles. The molecule has 0 heteroatoms. The first kappa shape index (κ1) is 9.00. The normalized spacial score (nSPS) is 69.2. The molecule has 16 heavy (non-hydrogen) atoms. The number of fused-ring (bicyclic) bond motifs is 7. The Labute approximate surface area is 99.2 Å². The summed E-state index contributed by atoms with van der Waals surface area (Å²) >= 11 is 0. The third-order valence-electron chi connectivity index (χ3n) is 7.48. The van der Waals surface area contributed by atoms with Gasteiger partial charge < -0.3 is 0 Å². The lowest BCUT2D eigenvalue weighted by atomic mass is 9.26. The van der Waals surface area contributed by atoms with E-state index in [0.29, 0.717) is 0 Å². The van der Waals surface area contributed by atoms with Crippen LogP contribution in [0.4, 0.5) is 0 Å². The predicted molar refractivity (Wildman–Crippen MR) is 64.8 cm³/mol. The summed E-state index contributed by atoms with van der Waals surface area (Å²) in [6.45, 7) is 2.43. The number of hydrogen-bond donors (Lipinski definition) is 0. The lowest BCUT2D eigenvalue weighted by Gasteiger charge is -2.79. The number of hydrogen-bond acceptors (Lipinski definition) is 0. The van der Waals surface area contributed by atoms with Gasteiger partial charge in [0.15, 0.2) is 0 Å². The van der Waals surface area contributed by atoms with E-state index >= 15 is 0 Å². The van der Waals surface area contributed by atoms with E-state index in [1.165, 1.54) is 41.4 Å². The molecule has 0 nitrogen and oxygen atoms in total. The highest BCUT2D eigenvalue weighted by Crippen LogP contribution is 2.79. The van der Waals surface area contributed by atoms with Crippen molar-refractivity contribution in [2.75, 3.05) is 0 Å². The van der Waals surface area contributed by atoms with Gasteiger partial charge in [0, 0.05) is 0 Å². The van der Waals surface area contributed by atoms with Crippen LogP contribution < -0.4 is 0 Å². The van der Waals surface area contributed by atoms with Crippen molar-refractivity contribution in [2.45, 2.75) is 45.4 Å². The zero-order valence-electron chi connectivity index (χ0n) is 10.4. The predicted octanol–water partition coefficient (Wildman–Crippen LogP) is 3.96. The standard InChI is InChI=1S/C16H24/c1-8-4-9(5-8)6-10-7-13-14(10)16-12-3-2-11(12)15(13)16/h8-16H,2-7H2,1H3. The zero-order valence-corrected chi connectivity index (χ0v) is 10.4. The highest BCUT2D eigenvalue weighted by molar-refractivity contribution is 5.21. The van der Waals surface area contributed by atoms with Gasteiger partial charge in [-0.2, -0.15) is 0 Å². The monoisotopic (exact) mass is 216 g/mol. The van der Waals surface area contributed by atoms with Gasteiger partial charge in [-0.05, 0) is 91.8 Å². The molecule has 5 saturated carbocycles. The van der Waals surface area contributed by atoms with E-state index in [1.54, 1.807) is 38.5 Å². The third kappa shape index (κ3) is 0.842. The Morgan fingerprint density at radius 1 is 0.812 bits per heavy atom. The highest BCUT2D eigenvalue weighted by Gasteiger charge is 2.73. The summed E-state index contributed by atoms with van der Waals surface area (Å²) in [4.78, 5) is 0. The molecule has 0 aromatic carbocycles. The minimum atomic E-state index is 1.06. The molecular weight excluding hydrogens is 192 g/mol. The molecule has 0 aromatic heterocycles. The van der Waals surface area contributed by atoms with Crippen molar-refractivity contribution in [3.8, 4) is 0 Å². The van der Waals surface area contributed by atoms with Crippen molar-refractivity contribution in [1.29, 1.82) is 0 Å². The molecule has 5 fully saturated rings. The Bertz CT molecular complexity index is 327. The zero-order chi connectivity index (χ0) is 10.4. The van der Waals surface area contributed by atoms with E-state index in [1.807, 2.05) is 0 Å². The van der Waals surface area contributed by atoms with Gasteiger partial charge in [0.2, 0.25) is 0 Å². The molecule has 5 aliphatic rings. The van der Waals surface area contributed by atoms with E-state index in [4.69, 9.17) is 0 Å². The summed E-state index contributed by atoms with van der Waals surface area (Å²) in [5, 5.41) is 0. The first-order valence-corrected chi connectivity index (χ1v) is 7.83. The lowest BCUT2D eigenvalue weighted by molar-refractivity contribution is -0.312. The third-order valence-corrected chi connectivity index (χ3v) is 7.48. The molecule has 7 atom stereocenters. The first-order valence-electron chi connectivity index (χ1n) is 7.83. The van der Waals surface area contributed by atoms with Crippen LogP contribution in [-0.4, -0.2) is 0 Å². The van der Waals surface area contributed by atoms with Crippen LogP contribution in [0.15, 0.2) is 0 Å². The second-order valence-corrected chi connectivity index (χ2v) is 7.98. The first-order chi connectivity index (χ1) is 7.83. The Morgan fingerprint density at radius 2 is 1.56 bits per heavy atom. The van der Waals surface area contributed by atoms with Crippen molar-refractivity contribution in [2.24, 2.45) is 53.3 Å². The van der Waals surface area contributed by atoms with Gasteiger partial charge >= 0.3 is 0 Å². The highest BCUT2D eigenvalue weighted by atomic mass is 14.8. The minimum Gasteiger partial charge on any atom is -0.0625 e. The molecule has 0 N–H and O–H groups in total. The second kappa shape index (κ2) is 2.70. The van der Waals surface area contributed by atoms with E-state index in [0.717, 1.165) is 11.8 Å². The van der Waals surface area contributed by atoms with Crippen LogP contribution in [0.25, 0.3) is 0 Å². The number of rotatable bonds is 2. The van der Waals surface area contributed by atoms with Crippen LogP contribution in [0.5, 0.6) is 0 Å². The summed E-state index contributed by atoms with van der Waals surface area (Å²) in [6, 6.07) is 0. The van der Waals surface area contributed by atoms with Crippen LogP contribution in [0.3, 0.4) is 0 Å². The molecule has 0 bridgehead atoms. The maximum absolute atomic E-state index is 2.43. The molecule has 0 amide bonds. The van der Waals surface area contributed by atoms with Crippen molar-refractivity contribution < 1.29 is 0 Å². The summed E-state index contributed by atoms with van der Waals surface area (Å²) in [6.07, 6.45) is 9.64. The van der Waals surface area contributed by atoms with Gasteiger partial charge in [0.25, 0.3) is 0 Å². The van der Waals surface area contributed by atoms with E-state index in [-0.39, 0.29) is 0 Å². The van der Waals surface area contributed by atoms with E-state index < -0.39 is 0 Å². The van der Waals surface area contributed by atoms with Crippen molar-refractivity contribution in [1.82, 2.24) is 0 Å². The molecule has 0 radical (unpaired) electrons.